The lowest BCUT2D eigenvalue weighted by Gasteiger charge is -2.35. The zero-order valence-corrected chi connectivity index (χ0v) is 11.2. The summed E-state index contributed by atoms with van der Waals surface area (Å²) in [5.74, 6) is -0.537. The van der Waals surface area contributed by atoms with Crippen LogP contribution in [0.3, 0.4) is 0 Å². The Morgan fingerprint density at radius 1 is 1.42 bits per heavy atom. The Bertz CT molecular complexity index is 540. The molecule has 1 aliphatic rings. The Labute approximate surface area is 112 Å². The Morgan fingerprint density at radius 3 is 2.63 bits per heavy atom. The first-order valence-corrected chi connectivity index (χ1v) is 6.42. The zero-order valence-electron chi connectivity index (χ0n) is 11.2. The summed E-state index contributed by atoms with van der Waals surface area (Å²) >= 11 is 0. The molecule has 19 heavy (non-hydrogen) atoms. The van der Waals surface area contributed by atoms with Gasteiger partial charge in [0.2, 0.25) is 0 Å². The highest BCUT2D eigenvalue weighted by Gasteiger charge is 2.32. The zero-order chi connectivity index (χ0) is 14.0. The van der Waals surface area contributed by atoms with E-state index in [0.717, 1.165) is 5.56 Å². The van der Waals surface area contributed by atoms with Crippen molar-refractivity contribution in [2.24, 2.45) is 5.41 Å². The molecular weight excluding hydrogens is 243 g/mol. The highest BCUT2D eigenvalue weighted by molar-refractivity contribution is 5.95. The minimum atomic E-state index is -0.396. The normalized spacial score (nSPS) is 17.9. The number of hydrogen-bond acceptors (Lipinski definition) is 2. The van der Waals surface area contributed by atoms with Crippen LogP contribution in [0.4, 0.5) is 4.39 Å². The van der Waals surface area contributed by atoms with Gasteiger partial charge in [0.05, 0.1) is 11.5 Å². The number of carbonyl (C=O) groups is 1. The molecule has 0 bridgehead atoms. The van der Waals surface area contributed by atoms with E-state index in [4.69, 9.17) is 5.26 Å². The maximum Gasteiger partial charge on any atom is 0.254 e. The fourth-order valence-electron chi connectivity index (χ4n) is 2.31. The maximum absolute atomic E-state index is 13.2. The number of hydrogen-bond donors (Lipinski definition) is 0. The number of aryl methyl sites for hydroxylation is 1. The summed E-state index contributed by atoms with van der Waals surface area (Å²) in [6, 6.07) is 6.56. The predicted octanol–water partition coefficient (Wildman–Crippen LogP) is 2.90. The summed E-state index contributed by atoms with van der Waals surface area (Å²) < 4.78 is 13.2. The molecule has 0 saturated carbocycles. The molecule has 3 nitrogen and oxygen atoms in total. The van der Waals surface area contributed by atoms with Gasteiger partial charge in [0, 0.05) is 18.7 Å². The van der Waals surface area contributed by atoms with E-state index in [1.807, 2.05) is 6.92 Å². The second kappa shape index (κ2) is 5.00. The van der Waals surface area contributed by atoms with Crippen LogP contribution in [0.2, 0.25) is 0 Å². The lowest BCUT2D eigenvalue weighted by molar-refractivity contribution is 0.0660. The molecule has 0 aromatic heterocycles. The molecular formula is C15H17FN2O. The molecule has 0 N–H and O–H groups in total. The Hall–Kier alpha value is -1.89. The number of benzene rings is 1. The Balaban J connectivity index is 2.14. The van der Waals surface area contributed by atoms with Gasteiger partial charge in [-0.25, -0.2) is 4.39 Å². The quantitative estimate of drug-likeness (QED) is 0.779. The lowest BCUT2D eigenvalue weighted by atomic mass is 9.82. The molecule has 1 amide bonds. The molecule has 1 heterocycles. The summed E-state index contributed by atoms with van der Waals surface area (Å²) in [6.45, 7) is 4.83. The van der Waals surface area contributed by atoms with Crippen LogP contribution < -0.4 is 0 Å². The number of likely N-dealkylation sites (tertiary alicyclic amines) is 1. The molecule has 4 heteroatoms. The van der Waals surface area contributed by atoms with Gasteiger partial charge in [-0.3, -0.25) is 4.79 Å². The van der Waals surface area contributed by atoms with Crippen molar-refractivity contribution < 1.29 is 9.18 Å². The van der Waals surface area contributed by atoms with E-state index in [9.17, 15) is 9.18 Å². The fraction of sp³-hybridized carbons (Fsp3) is 0.467. The van der Waals surface area contributed by atoms with E-state index in [1.165, 1.54) is 12.1 Å². The molecule has 100 valence electrons. The van der Waals surface area contributed by atoms with Crippen molar-refractivity contribution in [2.75, 3.05) is 13.1 Å². The standard InChI is InChI=1S/C15H17FN2O/c1-11-3-4-12(16)9-13(11)14(19)18-7-5-15(2,10-17)6-8-18/h3-4,9H,5-8H2,1-2H3. The molecule has 1 aromatic rings. The van der Waals surface area contributed by atoms with Crippen molar-refractivity contribution in [2.45, 2.75) is 26.7 Å². The van der Waals surface area contributed by atoms with Crippen molar-refractivity contribution in [3.8, 4) is 6.07 Å². The van der Waals surface area contributed by atoms with E-state index in [-0.39, 0.29) is 11.3 Å². The average molecular weight is 260 g/mol. The van der Waals surface area contributed by atoms with Gasteiger partial charge in [0.15, 0.2) is 0 Å². The van der Waals surface area contributed by atoms with Crippen molar-refractivity contribution in [1.29, 1.82) is 5.26 Å². The third-order valence-electron chi connectivity index (χ3n) is 3.85. The predicted molar refractivity (Wildman–Crippen MR) is 70.0 cm³/mol. The number of nitriles is 1. The van der Waals surface area contributed by atoms with Crippen molar-refractivity contribution >= 4 is 5.91 Å². The largest absolute Gasteiger partial charge is 0.339 e. The van der Waals surface area contributed by atoms with Crippen LogP contribution in [-0.4, -0.2) is 23.9 Å². The van der Waals surface area contributed by atoms with Gasteiger partial charge in [-0.1, -0.05) is 6.07 Å². The fourth-order valence-corrected chi connectivity index (χ4v) is 2.31. The first kappa shape index (κ1) is 13.5. The second-order valence-electron chi connectivity index (χ2n) is 5.42. The van der Waals surface area contributed by atoms with E-state index in [2.05, 4.69) is 6.07 Å². The van der Waals surface area contributed by atoms with E-state index < -0.39 is 5.82 Å². The van der Waals surface area contributed by atoms with Gasteiger partial charge in [-0.05, 0) is 44.4 Å². The maximum atomic E-state index is 13.2. The number of carbonyl (C=O) groups excluding carboxylic acids is 1. The molecule has 0 spiro atoms. The molecule has 2 rings (SSSR count). The number of piperidine rings is 1. The monoisotopic (exact) mass is 260 g/mol. The van der Waals surface area contributed by atoms with Gasteiger partial charge < -0.3 is 4.90 Å². The highest BCUT2D eigenvalue weighted by atomic mass is 19.1. The van der Waals surface area contributed by atoms with Gasteiger partial charge in [0.25, 0.3) is 5.91 Å². The topological polar surface area (TPSA) is 44.1 Å². The molecule has 0 aliphatic carbocycles. The number of halogens is 1. The van der Waals surface area contributed by atoms with Crippen LogP contribution in [0.15, 0.2) is 18.2 Å². The highest BCUT2D eigenvalue weighted by Crippen LogP contribution is 2.30. The Morgan fingerprint density at radius 2 is 2.05 bits per heavy atom. The van der Waals surface area contributed by atoms with Crippen LogP contribution in [0.5, 0.6) is 0 Å². The summed E-state index contributed by atoms with van der Waals surface area (Å²) in [7, 11) is 0. The molecule has 0 atom stereocenters. The Kier molecular flexibility index (Phi) is 3.57. The number of amides is 1. The van der Waals surface area contributed by atoms with Gasteiger partial charge >= 0.3 is 0 Å². The second-order valence-corrected chi connectivity index (χ2v) is 5.42. The molecule has 1 aliphatic heterocycles. The van der Waals surface area contributed by atoms with E-state index in [0.29, 0.717) is 31.5 Å². The first-order chi connectivity index (χ1) is 8.95. The SMILES string of the molecule is Cc1ccc(F)cc1C(=O)N1CCC(C)(C#N)CC1. The van der Waals surface area contributed by atoms with Gasteiger partial charge in [-0.15, -0.1) is 0 Å². The van der Waals surface area contributed by atoms with Crippen LogP contribution >= 0.6 is 0 Å². The molecule has 0 radical (unpaired) electrons. The molecule has 1 fully saturated rings. The third kappa shape index (κ3) is 2.76. The van der Waals surface area contributed by atoms with Crippen LogP contribution in [-0.2, 0) is 0 Å². The number of nitrogens with zero attached hydrogens (tertiary/aromatic N) is 2. The van der Waals surface area contributed by atoms with E-state index >= 15 is 0 Å². The summed E-state index contributed by atoms with van der Waals surface area (Å²) in [5.41, 5.74) is 0.855. The van der Waals surface area contributed by atoms with Crippen molar-refractivity contribution in [3.05, 3.63) is 35.1 Å². The first-order valence-electron chi connectivity index (χ1n) is 6.42. The summed E-state index contributed by atoms with van der Waals surface area (Å²) in [4.78, 5) is 14.1. The third-order valence-corrected chi connectivity index (χ3v) is 3.85. The number of rotatable bonds is 1. The van der Waals surface area contributed by atoms with Crippen LogP contribution in [0.25, 0.3) is 0 Å². The minimum absolute atomic E-state index is 0.142. The molecule has 1 aromatic carbocycles. The smallest absolute Gasteiger partial charge is 0.254 e. The lowest BCUT2D eigenvalue weighted by Crippen LogP contribution is -2.41. The summed E-state index contributed by atoms with van der Waals surface area (Å²) in [6.07, 6.45) is 1.34. The van der Waals surface area contributed by atoms with Crippen molar-refractivity contribution in [3.63, 3.8) is 0 Å². The summed E-state index contributed by atoms with van der Waals surface area (Å²) in [5, 5.41) is 9.07. The van der Waals surface area contributed by atoms with Gasteiger partial charge in [0.1, 0.15) is 5.82 Å². The molecule has 1 saturated heterocycles. The minimum Gasteiger partial charge on any atom is -0.339 e. The van der Waals surface area contributed by atoms with E-state index in [1.54, 1.807) is 17.9 Å². The average Bonchev–Trinajstić information content (AvgIpc) is 2.42. The van der Waals surface area contributed by atoms with Crippen LogP contribution in [0, 0.1) is 29.5 Å². The molecule has 0 unspecified atom stereocenters. The van der Waals surface area contributed by atoms with Gasteiger partial charge in [-0.2, -0.15) is 5.26 Å². The van der Waals surface area contributed by atoms with Crippen molar-refractivity contribution in [1.82, 2.24) is 4.90 Å². The van der Waals surface area contributed by atoms with Crippen LogP contribution in [0.1, 0.15) is 35.7 Å².